The summed E-state index contributed by atoms with van der Waals surface area (Å²) in [5.41, 5.74) is 6.75. The van der Waals surface area contributed by atoms with Gasteiger partial charge in [-0.1, -0.05) is 91.0 Å². The van der Waals surface area contributed by atoms with Gasteiger partial charge in [0.05, 0.1) is 12.0 Å². The maximum atomic E-state index is 13.4. The molecule has 1 atom stereocenters. The molecule has 1 amide bonds. The molecular weight excluding hydrogens is 523 g/mol. The molecule has 0 aliphatic heterocycles. The molecule has 0 aromatic heterocycles. The van der Waals surface area contributed by atoms with E-state index in [4.69, 9.17) is 0 Å². The van der Waals surface area contributed by atoms with E-state index in [1.54, 1.807) is 0 Å². The van der Waals surface area contributed by atoms with Gasteiger partial charge in [0.25, 0.3) is 5.91 Å². The summed E-state index contributed by atoms with van der Waals surface area (Å²) >= 11 is 1.53. The van der Waals surface area contributed by atoms with Gasteiger partial charge >= 0.3 is 18.9 Å². The van der Waals surface area contributed by atoms with E-state index in [9.17, 15) is 14.7 Å². The van der Waals surface area contributed by atoms with Gasteiger partial charge < -0.3 is 15.2 Å². The largest absolute Gasteiger partial charge is 1.00 e. The van der Waals surface area contributed by atoms with Crippen LogP contribution in [-0.2, 0) is 24.4 Å². The molecule has 4 aromatic rings. The number of carbonyl (C=O) groups is 2. The quantitative estimate of drug-likeness (QED) is 0.256. The summed E-state index contributed by atoms with van der Waals surface area (Å²) in [7, 11) is 0. The summed E-state index contributed by atoms with van der Waals surface area (Å²) in [5.74, 6) is -1.07. The number of carboxylic acid groups (broad SMARTS) is 1. The molecule has 1 unspecified atom stereocenters. The number of carbonyl (C=O) groups excluding carboxylic acids is 2. The standard InChI is InChI=1S/C34H36N2O3S.Li/c1-25-11-9-10-16-29(25)31-21-28(17-18-30(31)33(37)35-32(34(38)39)19-20-40-2)24-36(22-26-12-5-3-6-13-26)23-27-14-7-4-8-15-27;/h3-18,21,32H,19-20,22-24H2,1-2H3,(H,35,37)(H,38,39);/q;+1/p-1. The van der Waals surface area contributed by atoms with E-state index in [-0.39, 0.29) is 18.9 Å². The molecule has 7 heteroatoms. The van der Waals surface area contributed by atoms with E-state index >= 15 is 0 Å². The zero-order valence-electron chi connectivity index (χ0n) is 24.0. The fourth-order valence-corrected chi connectivity index (χ4v) is 5.29. The number of amides is 1. The Morgan fingerprint density at radius 1 is 0.780 bits per heavy atom. The van der Waals surface area contributed by atoms with Crippen LogP contribution < -0.4 is 29.3 Å². The molecule has 4 aromatic carbocycles. The van der Waals surface area contributed by atoms with E-state index in [2.05, 4.69) is 64.8 Å². The average Bonchev–Trinajstić information content (AvgIpc) is 2.96. The smallest absolute Gasteiger partial charge is 0.548 e. The van der Waals surface area contributed by atoms with E-state index in [1.807, 2.05) is 61.7 Å². The first-order chi connectivity index (χ1) is 19.4. The fraction of sp³-hybridized carbons (Fsp3) is 0.235. The molecule has 0 spiro atoms. The maximum absolute atomic E-state index is 13.4. The number of nitrogens with zero attached hydrogens (tertiary/aromatic N) is 1. The van der Waals surface area contributed by atoms with Gasteiger partial charge in [-0.05, 0) is 70.9 Å². The molecule has 0 saturated carbocycles. The van der Waals surface area contributed by atoms with Crippen LogP contribution in [0.5, 0.6) is 0 Å². The third-order valence-electron chi connectivity index (χ3n) is 6.87. The Kier molecular flexibility index (Phi) is 12.8. The van der Waals surface area contributed by atoms with Crippen molar-refractivity contribution in [3.8, 4) is 11.1 Å². The number of hydrogen-bond donors (Lipinski definition) is 1. The molecule has 0 fully saturated rings. The van der Waals surface area contributed by atoms with Gasteiger partial charge in [0.15, 0.2) is 0 Å². The summed E-state index contributed by atoms with van der Waals surface area (Å²) < 4.78 is 0. The van der Waals surface area contributed by atoms with Crippen LogP contribution in [0.15, 0.2) is 103 Å². The summed E-state index contributed by atoms with van der Waals surface area (Å²) in [5, 5.41) is 14.4. The predicted octanol–water partition coefficient (Wildman–Crippen LogP) is 2.47. The Hall–Kier alpha value is -3.27. The van der Waals surface area contributed by atoms with Crippen molar-refractivity contribution in [1.82, 2.24) is 10.2 Å². The van der Waals surface area contributed by atoms with Crippen LogP contribution in [0.3, 0.4) is 0 Å². The molecule has 0 aliphatic rings. The molecule has 0 saturated heterocycles. The zero-order chi connectivity index (χ0) is 28.3. The molecule has 0 heterocycles. The number of hydrogen-bond acceptors (Lipinski definition) is 5. The normalized spacial score (nSPS) is 11.5. The van der Waals surface area contributed by atoms with Crippen molar-refractivity contribution < 1.29 is 33.6 Å². The second kappa shape index (κ2) is 16.2. The molecule has 0 aliphatic carbocycles. The van der Waals surface area contributed by atoms with Gasteiger partial charge in [-0.15, -0.1) is 0 Å². The molecule has 0 radical (unpaired) electrons. The van der Waals surface area contributed by atoms with Crippen molar-refractivity contribution in [2.24, 2.45) is 0 Å². The van der Waals surface area contributed by atoms with Crippen molar-refractivity contribution >= 4 is 23.6 Å². The van der Waals surface area contributed by atoms with Gasteiger partial charge in [-0.2, -0.15) is 11.8 Å². The summed E-state index contributed by atoms with van der Waals surface area (Å²) in [6, 6.07) is 33.5. The number of aliphatic carboxylic acids is 1. The first-order valence-electron chi connectivity index (χ1n) is 13.4. The number of rotatable bonds is 13. The second-order valence-corrected chi connectivity index (χ2v) is 10.9. The Balaban J connectivity index is 0.00000462. The molecule has 4 rings (SSSR count). The van der Waals surface area contributed by atoms with Gasteiger partial charge in [-0.25, -0.2) is 0 Å². The molecule has 206 valence electrons. The van der Waals surface area contributed by atoms with Gasteiger partial charge in [-0.3, -0.25) is 9.69 Å². The molecule has 5 nitrogen and oxygen atoms in total. The first-order valence-corrected chi connectivity index (χ1v) is 14.8. The van der Waals surface area contributed by atoms with E-state index in [1.165, 1.54) is 22.9 Å². The third-order valence-corrected chi connectivity index (χ3v) is 7.51. The van der Waals surface area contributed by atoms with E-state index in [0.29, 0.717) is 24.3 Å². The number of aryl methyl sites for hydroxylation is 1. The molecule has 41 heavy (non-hydrogen) atoms. The molecule has 0 bridgehead atoms. The monoisotopic (exact) mass is 558 g/mol. The Bertz CT molecular complexity index is 1370. The van der Waals surface area contributed by atoms with Gasteiger partial charge in [0.2, 0.25) is 0 Å². The minimum absolute atomic E-state index is 0. The first kappa shape index (κ1) is 32.2. The number of carboxylic acids is 1. The Morgan fingerprint density at radius 2 is 1.34 bits per heavy atom. The minimum atomic E-state index is -1.27. The van der Waals surface area contributed by atoms with Crippen molar-refractivity contribution in [2.75, 3.05) is 12.0 Å². The number of thioether (sulfide) groups is 1. The maximum Gasteiger partial charge on any atom is 1.00 e. The van der Waals surface area contributed by atoms with Crippen molar-refractivity contribution in [2.45, 2.75) is 39.0 Å². The van der Waals surface area contributed by atoms with Crippen LogP contribution in [0.25, 0.3) is 11.1 Å². The predicted molar refractivity (Wildman–Crippen MR) is 162 cm³/mol. The van der Waals surface area contributed by atoms with Gasteiger partial charge in [0, 0.05) is 25.2 Å². The van der Waals surface area contributed by atoms with E-state index < -0.39 is 17.9 Å². The van der Waals surface area contributed by atoms with Crippen LogP contribution in [-0.4, -0.2) is 34.8 Å². The molecule has 1 N–H and O–H groups in total. The summed E-state index contributed by atoms with van der Waals surface area (Å²) in [6.07, 6.45) is 2.21. The zero-order valence-corrected chi connectivity index (χ0v) is 24.8. The van der Waals surface area contributed by atoms with E-state index in [0.717, 1.165) is 35.3 Å². The van der Waals surface area contributed by atoms with Crippen molar-refractivity contribution in [3.05, 3.63) is 131 Å². The van der Waals surface area contributed by atoms with Crippen LogP contribution in [0.2, 0.25) is 0 Å². The van der Waals surface area contributed by atoms with Crippen LogP contribution in [0, 0.1) is 6.92 Å². The van der Waals surface area contributed by atoms with Crippen molar-refractivity contribution in [1.29, 1.82) is 0 Å². The SMILES string of the molecule is CSCCC(NC(=O)c1ccc(CN(Cc2ccccc2)Cc2ccccc2)cc1-c1ccccc1C)C(=O)[O-].[Li+]. The number of benzene rings is 4. The fourth-order valence-electron chi connectivity index (χ4n) is 4.82. The summed E-state index contributed by atoms with van der Waals surface area (Å²) in [6.45, 7) is 4.25. The minimum Gasteiger partial charge on any atom is -0.548 e. The number of nitrogens with one attached hydrogen (secondary N) is 1. The average molecular weight is 559 g/mol. The molecular formula is C34H35LiN2O3S. The van der Waals surface area contributed by atoms with Crippen molar-refractivity contribution in [3.63, 3.8) is 0 Å². The Labute approximate surface area is 259 Å². The van der Waals surface area contributed by atoms with Crippen LogP contribution in [0.4, 0.5) is 0 Å². The summed E-state index contributed by atoms with van der Waals surface area (Å²) in [4.78, 5) is 27.5. The van der Waals surface area contributed by atoms with Crippen LogP contribution in [0.1, 0.15) is 39.0 Å². The topological polar surface area (TPSA) is 72.5 Å². The van der Waals surface area contributed by atoms with Gasteiger partial charge in [0.1, 0.15) is 0 Å². The van der Waals surface area contributed by atoms with Crippen LogP contribution >= 0.6 is 11.8 Å². The third kappa shape index (κ3) is 9.38. The second-order valence-electron chi connectivity index (χ2n) is 9.94. The Morgan fingerprint density at radius 3 is 1.90 bits per heavy atom.